The van der Waals surface area contributed by atoms with Crippen LogP contribution in [0.2, 0.25) is 0 Å². The molecular weight excluding hydrogens is 164 g/mol. The number of rotatable bonds is 2. The fourth-order valence-electron chi connectivity index (χ4n) is 0.804. The van der Waals surface area contributed by atoms with Crippen LogP contribution >= 0.6 is 0 Å². The first-order valence-corrected chi connectivity index (χ1v) is 4.38. The number of primary amides is 1. The molecule has 1 heterocycles. The smallest absolute Gasteiger partial charge is 0.221 e. The van der Waals surface area contributed by atoms with Gasteiger partial charge >= 0.3 is 0 Å². The molecule has 0 saturated carbocycles. The van der Waals surface area contributed by atoms with Crippen LogP contribution in [0.5, 0.6) is 0 Å². The molecule has 0 radical (unpaired) electrons. The quantitative estimate of drug-likeness (QED) is 0.748. The van der Waals surface area contributed by atoms with Gasteiger partial charge in [-0.1, -0.05) is 19.9 Å². The van der Waals surface area contributed by atoms with Crippen molar-refractivity contribution < 1.29 is 4.79 Å². The van der Waals surface area contributed by atoms with E-state index in [1.54, 1.807) is 6.20 Å². The summed E-state index contributed by atoms with van der Waals surface area (Å²) in [7, 11) is 0. The van der Waals surface area contributed by atoms with Gasteiger partial charge < -0.3 is 5.73 Å². The zero-order chi connectivity index (χ0) is 10.3. The molecule has 0 aromatic carbocycles. The summed E-state index contributed by atoms with van der Waals surface area (Å²) in [4.78, 5) is 14.5. The first kappa shape index (κ1) is 11.6. The lowest BCUT2D eigenvalue weighted by Crippen LogP contribution is -2.13. The first-order chi connectivity index (χ1) is 6.18. The van der Waals surface area contributed by atoms with Crippen molar-refractivity contribution in [3.63, 3.8) is 0 Å². The van der Waals surface area contributed by atoms with E-state index in [0.717, 1.165) is 11.3 Å². The number of hydrogen-bond acceptors (Lipinski definition) is 2. The van der Waals surface area contributed by atoms with E-state index < -0.39 is 0 Å². The van der Waals surface area contributed by atoms with Gasteiger partial charge in [-0.05, 0) is 18.6 Å². The Balaban J connectivity index is 0.000000671. The number of aromatic nitrogens is 1. The predicted octanol–water partition coefficient (Wildman–Crippen LogP) is 1.44. The summed E-state index contributed by atoms with van der Waals surface area (Å²) in [5.74, 6) is -0.323. The zero-order valence-electron chi connectivity index (χ0n) is 8.37. The minimum absolute atomic E-state index is 0.271. The topological polar surface area (TPSA) is 56.0 Å². The number of carbonyl (C=O) groups excluding carboxylic acids is 1. The third-order valence-corrected chi connectivity index (χ3v) is 1.35. The maximum absolute atomic E-state index is 10.4. The molecule has 3 heteroatoms. The molecule has 0 saturated heterocycles. The molecular formula is C10H16N2O. The van der Waals surface area contributed by atoms with Crippen LogP contribution in [-0.4, -0.2) is 10.9 Å². The second-order valence-corrected chi connectivity index (χ2v) is 2.45. The van der Waals surface area contributed by atoms with Crippen LogP contribution < -0.4 is 5.73 Å². The van der Waals surface area contributed by atoms with Gasteiger partial charge in [0, 0.05) is 11.9 Å². The van der Waals surface area contributed by atoms with Crippen molar-refractivity contribution in [3.8, 4) is 0 Å². The monoisotopic (exact) mass is 180 g/mol. The molecule has 0 bridgehead atoms. The third kappa shape index (κ3) is 4.95. The van der Waals surface area contributed by atoms with Gasteiger partial charge in [-0.3, -0.25) is 9.78 Å². The van der Waals surface area contributed by atoms with Crippen molar-refractivity contribution in [1.29, 1.82) is 0 Å². The van der Waals surface area contributed by atoms with Crippen LogP contribution in [-0.2, 0) is 11.2 Å². The van der Waals surface area contributed by atoms with Crippen molar-refractivity contribution in [1.82, 2.24) is 4.98 Å². The van der Waals surface area contributed by atoms with Gasteiger partial charge in [0.1, 0.15) is 0 Å². The number of pyridine rings is 1. The Bertz CT molecular complexity index is 254. The second-order valence-electron chi connectivity index (χ2n) is 2.45. The summed E-state index contributed by atoms with van der Waals surface area (Å²) in [6.07, 6.45) is 1.94. The molecule has 0 atom stereocenters. The van der Waals surface area contributed by atoms with Gasteiger partial charge in [-0.2, -0.15) is 0 Å². The number of carbonyl (C=O) groups is 1. The number of amides is 1. The zero-order valence-corrected chi connectivity index (χ0v) is 8.37. The minimum Gasteiger partial charge on any atom is -0.369 e. The van der Waals surface area contributed by atoms with Gasteiger partial charge in [-0.25, -0.2) is 0 Å². The van der Waals surface area contributed by atoms with Crippen molar-refractivity contribution in [2.75, 3.05) is 0 Å². The maximum atomic E-state index is 10.4. The lowest BCUT2D eigenvalue weighted by atomic mass is 10.2. The SMILES string of the molecule is CC.Cc1ccc(CC(N)=O)cn1. The Labute approximate surface area is 79.0 Å². The lowest BCUT2D eigenvalue weighted by Gasteiger charge is -1.96. The van der Waals surface area contributed by atoms with E-state index in [0.29, 0.717) is 0 Å². The van der Waals surface area contributed by atoms with Crippen LogP contribution in [0, 0.1) is 6.92 Å². The Kier molecular flexibility index (Phi) is 5.52. The fraction of sp³-hybridized carbons (Fsp3) is 0.400. The average molecular weight is 180 g/mol. The van der Waals surface area contributed by atoms with E-state index in [1.807, 2.05) is 32.9 Å². The van der Waals surface area contributed by atoms with E-state index in [9.17, 15) is 4.79 Å². The Morgan fingerprint density at radius 2 is 2.08 bits per heavy atom. The van der Waals surface area contributed by atoms with Crippen molar-refractivity contribution in [2.24, 2.45) is 5.73 Å². The molecule has 0 aliphatic rings. The number of nitrogens with zero attached hydrogens (tertiary/aromatic N) is 1. The van der Waals surface area contributed by atoms with Gasteiger partial charge in [0.05, 0.1) is 6.42 Å². The third-order valence-electron chi connectivity index (χ3n) is 1.35. The lowest BCUT2D eigenvalue weighted by molar-refractivity contribution is -0.117. The summed E-state index contributed by atoms with van der Waals surface area (Å²) in [5.41, 5.74) is 6.80. The van der Waals surface area contributed by atoms with Crippen molar-refractivity contribution in [3.05, 3.63) is 29.6 Å². The molecule has 1 rings (SSSR count). The Hall–Kier alpha value is -1.38. The summed E-state index contributed by atoms with van der Waals surface area (Å²) in [6, 6.07) is 3.71. The molecule has 13 heavy (non-hydrogen) atoms. The number of hydrogen-bond donors (Lipinski definition) is 1. The molecule has 1 aromatic rings. The van der Waals surface area contributed by atoms with Gasteiger partial charge in [0.2, 0.25) is 5.91 Å². The molecule has 1 amide bonds. The molecule has 0 aliphatic heterocycles. The van der Waals surface area contributed by atoms with Crippen LogP contribution in [0.1, 0.15) is 25.1 Å². The highest BCUT2D eigenvalue weighted by molar-refractivity contribution is 5.76. The second kappa shape index (κ2) is 6.17. The van der Waals surface area contributed by atoms with Gasteiger partial charge in [0.25, 0.3) is 0 Å². The minimum atomic E-state index is -0.323. The number of aryl methyl sites for hydroxylation is 1. The Morgan fingerprint density at radius 3 is 2.46 bits per heavy atom. The van der Waals surface area contributed by atoms with Crippen LogP contribution in [0.25, 0.3) is 0 Å². The predicted molar refractivity (Wildman–Crippen MR) is 53.2 cm³/mol. The van der Waals surface area contributed by atoms with Crippen molar-refractivity contribution >= 4 is 5.91 Å². The van der Waals surface area contributed by atoms with E-state index in [1.165, 1.54) is 0 Å². The normalized spacial score (nSPS) is 8.54. The van der Waals surface area contributed by atoms with Gasteiger partial charge in [-0.15, -0.1) is 0 Å². The van der Waals surface area contributed by atoms with Crippen LogP contribution in [0.15, 0.2) is 18.3 Å². The highest BCUT2D eigenvalue weighted by Gasteiger charge is 1.96. The standard InChI is InChI=1S/C8H10N2O.C2H6/c1-6-2-3-7(5-10-6)4-8(9)11;1-2/h2-3,5H,4H2,1H3,(H2,9,11);1-2H3. The summed E-state index contributed by atoms with van der Waals surface area (Å²) < 4.78 is 0. The molecule has 0 aliphatic carbocycles. The Morgan fingerprint density at radius 1 is 1.46 bits per heavy atom. The summed E-state index contributed by atoms with van der Waals surface area (Å²) in [5, 5.41) is 0. The van der Waals surface area contributed by atoms with Crippen LogP contribution in [0.4, 0.5) is 0 Å². The summed E-state index contributed by atoms with van der Waals surface area (Å²) in [6.45, 7) is 5.90. The molecule has 0 fully saturated rings. The molecule has 1 aromatic heterocycles. The van der Waals surface area contributed by atoms with E-state index in [4.69, 9.17) is 5.73 Å². The van der Waals surface area contributed by atoms with Crippen LogP contribution in [0.3, 0.4) is 0 Å². The molecule has 72 valence electrons. The fourth-order valence-corrected chi connectivity index (χ4v) is 0.804. The largest absolute Gasteiger partial charge is 0.369 e. The maximum Gasteiger partial charge on any atom is 0.221 e. The molecule has 3 nitrogen and oxygen atoms in total. The molecule has 0 spiro atoms. The van der Waals surface area contributed by atoms with Gasteiger partial charge in [0.15, 0.2) is 0 Å². The highest BCUT2D eigenvalue weighted by atomic mass is 16.1. The first-order valence-electron chi connectivity index (χ1n) is 4.38. The van der Waals surface area contributed by atoms with Crippen molar-refractivity contribution in [2.45, 2.75) is 27.2 Å². The van der Waals surface area contributed by atoms with E-state index in [-0.39, 0.29) is 12.3 Å². The molecule has 2 N–H and O–H groups in total. The number of nitrogens with two attached hydrogens (primary N) is 1. The van der Waals surface area contributed by atoms with E-state index >= 15 is 0 Å². The van der Waals surface area contributed by atoms with E-state index in [2.05, 4.69) is 4.98 Å². The molecule has 0 unspecified atom stereocenters. The average Bonchev–Trinajstić information content (AvgIpc) is 2.12. The summed E-state index contributed by atoms with van der Waals surface area (Å²) >= 11 is 0. The highest BCUT2D eigenvalue weighted by Crippen LogP contribution is 1.98.